The third-order valence-corrected chi connectivity index (χ3v) is 4.95. The zero-order valence-electron chi connectivity index (χ0n) is 15.2. The third kappa shape index (κ3) is 3.43. The largest absolute Gasteiger partial charge is 0.484 e. The minimum absolute atomic E-state index is 0.0268. The van der Waals surface area contributed by atoms with Crippen LogP contribution in [0.1, 0.15) is 36.6 Å². The van der Waals surface area contributed by atoms with Gasteiger partial charge in [-0.2, -0.15) is 0 Å². The molecule has 2 atom stereocenters. The first-order chi connectivity index (χ1) is 12.3. The van der Waals surface area contributed by atoms with Gasteiger partial charge in [0, 0.05) is 11.6 Å². The SMILES string of the molecule is Cc1c([N+](=O)[O-])ccc2c1OC(C)(C)C(O)[C@H]2NCCc1ccccc1. The first kappa shape index (κ1) is 18.4. The molecule has 0 aliphatic carbocycles. The van der Waals surface area contributed by atoms with Crippen LogP contribution in [0.2, 0.25) is 0 Å². The number of hydrogen-bond donors (Lipinski definition) is 2. The van der Waals surface area contributed by atoms with Gasteiger partial charge in [0.05, 0.1) is 16.5 Å². The van der Waals surface area contributed by atoms with E-state index in [4.69, 9.17) is 4.74 Å². The molecule has 1 heterocycles. The number of nitrogens with one attached hydrogen (secondary N) is 1. The highest BCUT2D eigenvalue weighted by Crippen LogP contribution is 2.44. The van der Waals surface area contributed by atoms with Gasteiger partial charge in [-0.1, -0.05) is 30.3 Å². The van der Waals surface area contributed by atoms with E-state index < -0.39 is 16.6 Å². The van der Waals surface area contributed by atoms with Crippen LogP contribution in [0.5, 0.6) is 5.75 Å². The van der Waals surface area contributed by atoms with E-state index in [1.807, 2.05) is 18.2 Å². The second-order valence-electron chi connectivity index (χ2n) is 7.20. The Kier molecular flexibility index (Phi) is 4.98. The minimum atomic E-state index is -0.850. The lowest BCUT2D eigenvalue weighted by Gasteiger charge is -2.43. The molecule has 1 aliphatic heterocycles. The summed E-state index contributed by atoms with van der Waals surface area (Å²) < 4.78 is 5.95. The van der Waals surface area contributed by atoms with Crippen molar-refractivity contribution in [2.24, 2.45) is 0 Å². The summed E-state index contributed by atoms with van der Waals surface area (Å²) in [5, 5.41) is 25.4. The number of nitro groups is 1. The van der Waals surface area contributed by atoms with Gasteiger partial charge in [0.2, 0.25) is 0 Å². The Labute approximate surface area is 153 Å². The van der Waals surface area contributed by atoms with Crippen LogP contribution in [0.25, 0.3) is 0 Å². The zero-order valence-corrected chi connectivity index (χ0v) is 15.2. The zero-order chi connectivity index (χ0) is 18.9. The molecule has 0 radical (unpaired) electrons. The van der Waals surface area contributed by atoms with Gasteiger partial charge in [-0.3, -0.25) is 10.1 Å². The third-order valence-electron chi connectivity index (χ3n) is 4.95. The van der Waals surface area contributed by atoms with Crippen molar-refractivity contribution in [3.63, 3.8) is 0 Å². The van der Waals surface area contributed by atoms with Gasteiger partial charge in [-0.25, -0.2) is 0 Å². The molecule has 0 saturated heterocycles. The summed E-state index contributed by atoms with van der Waals surface area (Å²) in [5.41, 5.74) is 1.63. The number of fused-ring (bicyclic) bond motifs is 1. The molecule has 0 bridgehead atoms. The van der Waals surface area contributed by atoms with Gasteiger partial charge in [0.15, 0.2) is 0 Å². The van der Waals surface area contributed by atoms with Crippen LogP contribution in [0.3, 0.4) is 0 Å². The fourth-order valence-corrected chi connectivity index (χ4v) is 3.41. The van der Waals surface area contributed by atoms with Crippen molar-refractivity contribution in [1.29, 1.82) is 0 Å². The molecular weight excluding hydrogens is 332 g/mol. The topological polar surface area (TPSA) is 84.6 Å². The Balaban J connectivity index is 1.87. The van der Waals surface area contributed by atoms with Crippen molar-refractivity contribution in [3.8, 4) is 5.75 Å². The van der Waals surface area contributed by atoms with Gasteiger partial charge >= 0.3 is 0 Å². The average Bonchev–Trinajstić information content (AvgIpc) is 2.60. The maximum absolute atomic E-state index is 11.2. The van der Waals surface area contributed by atoms with Crippen molar-refractivity contribution < 1.29 is 14.8 Å². The molecule has 6 nitrogen and oxygen atoms in total. The van der Waals surface area contributed by atoms with E-state index >= 15 is 0 Å². The van der Waals surface area contributed by atoms with Gasteiger partial charge in [0.25, 0.3) is 5.69 Å². The van der Waals surface area contributed by atoms with E-state index in [9.17, 15) is 15.2 Å². The fraction of sp³-hybridized carbons (Fsp3) is 0.400. The molecule has 2 aromatic rings. The van der Waals surface area contributed by atoms with E-state index in [1.54, 1.807) is 26.8 Å². The van der Waals surface area contributed by atoms with Gasteiger partial charge in [-0.05, 0) is 45.4 Å². The van der Waals surface area contributed by atoms with Crippen LogP contribution in [0.15, 0.2) is 42.5 Å². The molecular formula is C20H24N2O4. The summed E-state index contributed by atoms with van der Waals surface area (Å²) in [7, 11) is 0. The fourth-order valence-electron chi connectivity index (χ4n) is 3.41. The minimum Gasteiger partial charge on any atom is -0.484 e. The van der Waals surface area contributed by atoms with Crippen molar-refractivity contribution >= 4 is 5.69 Å². The van der Waals surface area contributed by atoms with Crippen LogP contribution >= 0.6 is 0 Å². The molecule has 138 valence electrons. The normalized spacial score (nSPS) is 20.9. The number of rotatable bonds is 5. The maximum Gasteiger partial charge on any atom is 0.276 e. The Morgan fingerprint density at radius 2 is 1.92 bits per heavy atom. The van der Waals surface area contributed by atoms with Crippen LogP contribution in [0, 0.1) is 17.0 Å². The predicted octanol–water partition coefficient (Wildman–Crippen LogP) is 3.31. The van der Waals surface area contributed by atoms with Gasteiger partial charge < -0.3 is 15.2 Å². The number of aliphatic hydroxyl groups is 1. The molecule has 0 aromatic heterocycles. The lowest BCUT2D eigenvalue weighted by atomic mass is 9.85. The highest BCUT2D eigenvalue weighted by Gasteiger charge is 2.44. The summed E-state index contributed by atoms with van der Waals surface area (Å²) in [6, 6.07) is 12.9. The van der Waals surface area contributed by atoms with E-state index in [-0.39, 0.29) is 11.7 Å². The van der Waals surface area contributed by atoms with Crippen LogP contribution in [-0.4, -0.2) is 28.3 Å². The molecule has 0 spiro atoms. The number of hydrogen-bond acceptors (Lipinski definition) is 5. The molecule has 2 N–H and O–H groups in total. The van der Waals surface area contributed by atoms with E-state index in [2.05, 4.69) is 17.4 Å². The average molecular weight is 356 g/mol. The van der Waals surface area contributed by atoms with Crippen LogP contribution < -0.4 is 10.1 Å². The molecule has 1 unspecified atom stereocenters. The van der Waals surface area contributed by atoms with E-state index in [0.717, 1.165) is 12.0 Å². The predicted molar refractivity (Wildman–Crippen MR) is 99.4 cm³/mol. The molecule has 0 saturated carbocycles. The van der Waals surface area contributed by atoms with Gasteiger partial charge in [-0.15, -0.1) is 0 Å². The highest BCUT2D eigenvalue weighted by atomic mass is 16.6. The van der Waals surface area contributed by atoms with E-state index in [1.165, 1.54) is 11.6 Å². The van der Waals surface area contributed by atoms with Crippen molar-refractivity contribution in [2.75, 3.05) is 6.54 Å². The lowest BCUT2D eigenvalue weighted by molar-refractivity contribution is -0.385. The summed E-state index contributed by atoms with van der Waals surface area (Å²) in [6.45, 7) is 5.96. The molecule has 3 rings (SSSR count). The van der Waals surface area contributed by atoms with Crippen molar-refractivity contribution in [1.82, 2.24) is 5.32 Å². The van der Waals surface area contributed by atoms with Crippen molar-refractivity contribution in [2.45, 2.75) is 44.9 Å². The Morgan fingerprint density at radius 3 is 2.58 bits per heavy atom. The Bertz CT molecular complexity index is 805. The first-order valence-electron chi connectivity index (χ1n) is 8.73. The maximum atomic E-state index is 11.2. The highest BCUT2D eigenvalue weighted by molar-refractivity contribution is 5.55. The quantitative estimate of drug-likeness (QED) is 0.634. The van der Waals surface area contributed by atoms with Crippen LogP contribution in [-0.2, 0) is 6.42 Å². The Hall–Kier alpha value is -2.44. The molecule has 0 amide bonds. The summed E-state index contributed by atoms with van der Waals surface area (Å²) in [4.78, 5) is 10.8. The smallest absolute Gasteiger partial charge is 0.276 e. The monoisotopic (exact) mass is 356 g/mol. The lowest BCUT2D eigenvalue weighted by Crippen LogP contribution is -2.53. The summed E-state index contributed by atoms with van der Waals surface area (Å²) in [5.74, 6) is 0.492. The molecule has 2 aromatic carbocycles. The second kappa shape index (κ2) is 7.05. The number of benzene rings is 2. The van der Waals surface area contributed by atoms with Crippen molar-refractivity contribution in [3.05, 3.63) is 69.3 Å². The molecule has 1 aliphatic rings. The van der Waals surface area contributed by atoms with Crippen LogP contribution in [0.4, 0.5) is 5.69 Å². The number of aliphatic hydroxyl groups excluding tert-OH is 1. The summed E-state index contributed by atoms with van der Waals surface area (Å²) in [6.07, 6.45) is 0.0544. The molecule has 26 heavy (non-hydrogen) atoms. The van der Waals surface area contributed by atoms with Gasteiger partial charge in [0.1, 0.15) is 17.5 Å². The Morgan fingerprint density at radius 1 is 1.23 bits per heavy atom. The molecule has 6 heteroatoms. The second-order valence-corrected chi connectivity index (χ2v) is 7.20. The number of nitrogens with zero attached hydrogens (tertiary/aromatic N) is 1. The summed E-state index contributed by atoms with van der Waals surface area (Å²) >= 11 is 0. The molecule has 0 fully saturated rings. The number of nitro benzene ring substituents is 1. The van der Waals surface area contributed by atoms with E-state index in [0.29, 0.717) is 17.9 Å². The standard InChI is InChI=1S/C20H24N2O4/c1-13-16(22(24)25)10-9-15-17(19(23)20(2,3)26-18(13)15)21-12-11-14-7-5-4-6-8-14/h4-10,17,19,21,23H,11-12H2,1-3H3/t17-,19?/m0/s1. The first-order valence-corrected chi connectivity index (χ1v) is 8.73. The number of ether oxygens (including phenoxy) is 1.